The Balaban J connectivity index is 1.98. The summed E-state index contributed by atoms with van der Waals surface area (Å²) in [5, 5.41) is 0. The lowest BCUT2D eigenvalue weighted by molar-refractivity contribution is 0.281. The Bertz CT molecular complexity index is 315. The van der Waals surface area contributed by atoms with E-state index in [0.717, 1.165) is 13.1 Å². The molecule has 1 aromatic heterocycles. The van der Waals surface area contributed by atoms with Gasteiger partial charge in [-0.05, 0) is 13.0 Å². The first-order chi connectivity index (χ1) is 6.29. The first-order valence-corrected chi connectivity index (χ1v) is 6.27. The molecule has 0 saturated carbocycles. The molecule has 1 aliphatic rings. The smallest absolute Gasteiger partial charge is 0.287 e. The van der Waals surface area contributed by atoms with Crippen molar-refractivity contribution in [2.75, 3.05) is 6.54 Å². The zero-order valence-electron chi connectivity index (χ0n) is 7.71. The number of hydrogen-bond acceptors (Lipinski definition) is 4. The third-order valence-corrected chi connectivity index (χ3v) is 4.49. The molecular weight excluding hydrogens is 202 g/mol. The largest absolute Gasteiger partial charge is 0.293 e. The maximum atomic E-state index is 11.0. The van der Waals surface area contributed by atoms with Crippen LogP contribution in [0.2, 0.25) is 0 Å². The van der Waals surface area contributed by atoms with Crippen LogP contribution >= 0.6 is 22.7 Å². The molecule has 0 amide bonds. The second-order valence-electron chi connectivity index (χ2n) is 3.36. The summed E-state index contributed by atoms with van der Waals surface area (Å²) in [6, 6.07) is 0. The normalized spacial score (nSPS) is 16.4. The van der Waals surface area contributed by atoms with E-state index in [9.17, 15) is 4.79 Å². The molecule has 0 spiro atoms. The molecule has 0 saturated heterocycles. The van der Waals surface area contributed by atoms with E-state index < -0.39 is 0 Å². The van der Waals surface area contributed by atoms with Crippen LogP contribution in [0.5, 0.6) is 0 Å². The van der Waals surface area contributed by atoms with Crippen molar-refractivity contribution in [1.29, 1.82) is 0 Å². The molecule has 2 nitrogen and oxygen atoms in total. The molecule has 0 radical (unpaired) electrons. The summed E-state index contributed by atoms with van der Waals surface area (Å²) in [5.41, 5.74) is 0. The van der Waals surface area contributed by atoms with Crippen molar-refractivity contribution in [1.82, 2.24) is 4.90 Å². The van der Waals surface area contributed by atoms with Gasteiger partial charge in [-0.15, -0.1) is 0 Å². The summed E-state index contributed by atoms with van der Waals surface area (Å²) in [7, 11) is 0. The standard InChI is InChI=1S/C9H13NOS2/c1-2-3-4-10-5-7-8(6-10)13-9(11)12-7/h2-6H2,1H3. The Kier molecular flexibility index (Phi) is 2.81. The van der Waals surface area contributed by atoms with Gasteiger partial charge < -0.3 is 0 Å². The lowest BCUT2D eigenvalue weighted by Crippen LogP contribution is -2.17. The van der Waals surface area contributed by atoms with E-state index in [0.29, 0.717) is 0 Å². The van der Waals surface area contributed by atoms with Gasteiger partial charge in [0.25, 0.3) is 4.06 Å². The van der Waals surface area contributed by atoms with Gasteiger partial charge in [-0.25, -0.2) is 0 Å². The van der Waals surface area contributed by atoms with Crippen molar-refractivity contribution in [2.45, 2.75) is 32.9 Å². The highest BCUT2D eigenvalue weighted by molar-refractivity contribution is 7.27. The molecule has 0 unspecified atom stereocenters. The van der Waals surface area contributed by atoms with Crippen LogP contribution in [0.15, 0.2) is 4.79 Å². The van der Waals surface area contributed by atoms with E-state index in [1.807, 2.05) is 0 Å². The maximum absolute atomic E-state index is 11.0. The highest BCUT2D eigenvalue weighted by Gasteiger charge is 2.21. The summed E-state index contributed by atoms with van der Waals surface area (Å²) in [5.74, 6) is 0. The highest BCUT2D eigenvalue weighted by Crippen LogP contribution is 2.27. The van der Waals surface area contributed by atoms with Gasteiger partial charge in [0.2, 0.25) is 0 Å². The van der Waals surface area contributed by atoms with Crippen molar-refractivity contribution in [3.63, 3.8) is 0 Å². The van der Waals surface area contributed by atoms with E-state index in [1.54, 1.807) is 0 Å². The third kappa shape index (κ3) is 2.00. The molecule has 0 fully saturated rings. The van der Waals surface area contributed by atoms with Gasteiger partial charge in [0.15, 0.2) is 0 Å². The second kappa shape index (κ2) is 3.90. The molecule has 0 aliphatic carbocycles. The van der Waals surface area contributed by atoms with Crippen molar-refractivity contribution >= 4 is 22.7 Å². The van der Waals surface area contributed by atoms with E-state index in [1.165, 1.54) is 51.8 Å². The number of fused-ring (bicyclic) bond motifs is 1. The third-order valence-electron chi connectivity index (χ3n) is 2.29. The lowest BCUT2D eigenvalue weighted by Gasteiger charge is -2.12. The number of nitrogens with zero attached hydrogens (tertiary/aromatic N) is 1. The number of hydrogen-bond donors (Lipinski definition) is 0. The Morgan fingerprint density at radius 1 is 1.31 bits per heavy atom. The fourth-order valence-corrected chi connectivity index (χ4v) is 3.85. The van der Waals surface area contributed by atoms with E-state index in [-0.39, 0.29) is 4.06 Å². The average Bonchev–Trinajstić information content (AvgIpc) is 2.57. The van der Waals surface area contributed by atoms with Crippen LogP contribution in [0.3, 0.4) is 0 Å². The molecule has 2 heterocycles. The predicted octanol–water partition coefficient (Wildman–Crippen LogP) is 2.29. The molecule has 0 N–H and O–H groups in total. The Labute approximate surface area is 85.8 Å². The molecule has 72 valence electrons. The number of rotatable bonds is 3. The van der Waals surface area contributed by atoms with Crippen molar-refractivity contribution in [3.05, 3.63) is 18.6 Å². The van der Waals surface area contributed by atoms with E-state index in [2.05, 4.69) is 11.8 Å². The Hall–Kier alpha value is -0.190. The van der Waals surface area contributed by atoms with Crippen LogP contribution in [-0.4, -0.2) is 11.4 Å². The number of unbranched alkanes of at least 4 members (excludes halogenated alkanes) is 1. The summed E-state index contributed by atoms with van der Waals surface area (Å²) < 4.78 is 0.264. The van der Waals surface area contributed by atoms with Gasteiger partial charge in [0, 0.05) is 22.8 Å². The van der Waals surface area contributed by atoms with Crippen LogP contribution in [0.4, 0.5) is 0 Å². The van der Waals surface area contributed by atoms with Gasteiger partial charge in [-0.3, -0.25) is 9.69 Å². The minimum Gasteiger partial charge on any atom is -0.293 e. The fourth-order valence-electron chi connectivity index (χ4n) is 1.58. The molecular formula is C9H13NOS2. The molecule has 1 aliphatic heterocycles. The van der Waals surface area contributed by atoms with Crippen molar-refractivity contribution in [3.8, 4) is 0 Å². The predicted molar refractivity (Wildman–Crippen MR) is 57.5 cm³/mol. The van der Waals surface area contributed by atoms with E-state index in [4.69, 9.17) is 0 Å². The molecule has 0 bridgehead atoms. The molecule has 13 heavy (non-hydrogen) atoms. The van der Waals surface area contributed by atoms with Gasteiger partial charge in [-0.1, -0.05) is 36.0 Å². The van der Waals surface area contributed by atoms with Gasteiger partial charge in [0.1, 0.15) is 0 Å². The van der Waals surface area contributed by atoms with Crippen LogP contribution in [0.1, 0.15) is 29.5 Å². The van der Waals surface area contributed by atoms with Crippen LogP contribution in [0.25, 0.3) is 0 Å². The Morgan fingerprint density at radius 2 is 1.92 bits per heavy atom. The molecule has 4 heteroatoms. The molecule has 0 aromatic carbocycles. The van der Waals surface area contributed by atoms with Crippen LogP contribution < -0.4 is 4.06 Å². The quantitative estimate of drug-likeness (QED) is 0.771. The zero-order valence-corrected chi connectivity index (χ0v) is 9.34. The fraction of sp³-hybridized carbons (Fsp3) is 0.667. The van der Waals surface area contributed by atoms with Gasteiger partial charge in [-0.2, -0.15) is 0 Å². The molecule has 0 atom stereocenters. The maximum Gasteiger partial charge on any atom is 0.287 e. The average molecular weight is 215 g/mol. The molecule has 2 rings (SSSR count). The summed E-state index contributed by atoms with van der Waals surface area (Å²) >= 11 is 2.87. The summed E-state index contributed by atoms with van der Waals surface area (Å²) in [4.78, 5) is 16.1. The van der Waals surface area contributed by atoms with Crippen LogP contribution in [-0.2, 0) is 13.1 Å². The first-order valence-electron chi connectivity index (χ1n) is 4.63. The molecule has 1 aromatic rings. The SMILES string of the molecule is CCCCN1Cc2sc(=O)sc2C1. The lowest BCUT2D eigenvalue weighted by atomic mass is 10.3. The topological polar surface area (TPSA) is 20.3 Å². The highest BCUT2D eigenvalue weighted by atomic mass is 32.2. The van der Waals surface area contributed by atoms with E-state index >= 15 is 0 Å². The zero-order chi connectivity index (χ0) is 9.26. The summed E-state index contributed by atoms with van der Waals surface area (Å²) in [6.07, 6.45) is 2.52. The minimum absolute atomic E-state index is 0.264. The monoisotopic (exact) mass is 215 g/mol. The van der Waals surface area contributed by atoms with Crippen molar-refractivity contribution in [2.24, 2.45) is 0 Å². The van der Waals surface area contributed by atoms with Gasteiger partial charge >= 0.3 is 0 Å². The van der Waals surface area contributed by atoms with Gasteiger partial charge in [0.05, 0.1) is 0 Å². The van der Waals surface area contributed by atoms with Crippen molar-refractivity contribution < 1.29 is 0 Å². The first kappa shape index (κ1) is 9.37. The Morgan fingerprint density at radius 3 is 2.46 bits per heavy atom. The van der Waals surface area contributed by atoms with Crippen LogP contribution in [0, 0.1) is 0 Å². The second-order valence-corrected chi connectivity index (χ2v) is 5.76. The minimum atomic E-state index is 0.264. The summed E-state index contributed by atoms with van der Waals surface area (Å²) in [6.45, 7) is 5.42.